The average Bonchev–Trinajstić information content (AvgIpc) is 3.37. The third-order valence-electron chi connectivity index (χ3n) is 7.49. The van der Waals surface area contributed by atoms with Gasteiger partial charge in [0.2, 0.25) is 17.7 Å². The maximum Gasteiger partial charge on any atom is 0.326 e. The first kappa shape index (κ1) is 32.3. The number of hydrogen-bond acceptors (Lipinski definition) is 5. The number of nitrogens with two attached hydrogens (primary N) is 1. The number of fused-ring (bicyclic) bond motifs is 1. The quantitative estimate of drug-likeness (QED) is 0.162. The van der Waals surface area contributed by atoms with Gasteiger partial charge in [-0.15, -0.1) is 0 Å². The first-order valence-corrected chi connectivity index (χ1v) is 14.5. The molecule has 3 aromatic rings. The van der Waals surface area contributed by atoms with Gasteiger partial charge < -0.3 is 31.8 Å². The van der Waals surface area contributed by atoms with Crippen molar-refractivity contribution in [2.45, 2.75) is 77.5 Å². The molecule has 0 saturated heterocycles. The van der Waals surface area contributed by atoms with E-state index in [0.29, 0.717) is 12.8 Å². The summed E-state index contributed by atoms with van der Waals surface area (Å²) in [5.74, 6) is -2.94. The predicted octanol–water partition coefficient (Wildman–Crippen LogP) is 2.91. The lowest BCUT2D eigenvalue weighted by atomic mass is 9.97. The van der Waals surface area contributed by atoms with Crippen LogP contribution in [0, 0.1) is 11.8 Å². The fourth-order valence-corrected chi connectivity index (χ4v) is 4.89. The minimum atomic E-state index is -1.15. The van der Waals surface area contributed by atoms with Gasteiger partial charge in [-0.3, -0.25) is 14.4 Å². The lowest BCUT2D eigenvalue weighted by molar-refractivity contribution is -0.143. The van der Waals surface area contributed by atoms with Crippen LogP contribution in [0.15, 0.2) is 60.8 Å². The van der Waals surface area contributed by atoms with Gasteiger partial charge in [-0.05, 0) is 35.4 Å². The molecule has 7 N–H and O–H groups in total. The summed E-state index contributed by atoms with van der Waals surface area (Å²) in [6.45, 7) is 7.51. The summed E-state index contributed by atoms with van der Waals surface area (Å²) in [5.41, 5.74) is 8.62. The fraction of sp³-hybridized carbons (Fsp3) is 0.438. The highest BCUT2D eigenvalue weighted by Gasteiger charge is 2.32. The lowest BCUT2D eigenvalue weighted by Gasteiger charge is -2.27. The second-order valence-electron chi connectivity index (χ2n) is 11.3. The number of aromatic amines is 1. The molecule has 3 amide bonds. The Balaban J connectivity index is 1.90. The molecule has 5 unspecified atom stereocenters. The molecule has 2 aromatic carbocycles. The summed E-state index contributed by atoms with van der Waals surface area (Å²) >= 11 is 0. The monoisotopic (exact) mass is 577 g/mol. The van der Waals surface area contributed by atoms with Crippen LogP contribution in [0.5, 0.6) is 0 Å². The number of hydrogen-bond donors (Lipinski definition) is 6. The van der Waals surface area contributed by atoms with Gasteiger partial charge in [0.25, 0.3) is 0 Å². The zero-order chi connectivity index (χ0) is 30.8. The Bertz CT molecular complexity index is 1360. The van der Waals surface area contributed by atoms with Crippen LogP contribution >= 0.6 is 0 Å². The van der Waals surface area contributed by atoms with Gasteiger partial charge in [-0.25, -0.2) is 4.79 Å². The van der Waals surface area contributed by atoms with E-state index in [1.807, 2.05) is 75.4 Å². The van der Waals surface area contributed by atoms with Crippen molar-refractivity contribution in [2.24, 2.45) is 17.6 Å². The zero-order valence-electron chi connectivity index (χ0n) is 24.7. The summed E-state index contributed by atoms with van der Waals surface area (Å²) in [6, 6.07) is 12.7. The van der Waals surface area contributed by atoms with Crippen molar-refractivity contribution in [3.05, 3.63) is 71.9 Å². The van der Waals surface area contributed by atoms with E-state index in [1.165, 1.54) is 0 Å². The molecule has 42 heavy (non-hydrogen) atoms. The number of rotatable bonds is 15. The molecule has 226 valence electrons. The summed E-state index contributed by atoms with van der Waals surface area (Å²) in [6.07, 6.45) is 3.07. The summed E-state index contributed by atoms with van der Waals surface area (Å²) in [7, 11) is 0. The van der Waals surface area contributed by atoms with E-state index in [4.69, 9.17) is 5.73 Å². The smallest absolute Gasteiger partial charge is 0.326 e. The van der Waals surface area contributed by atoms with E-state index < -0.39 is 47.9 Å². The first-order chi connectivity index (χ1) is 20.0. The number of carbonyl (C=O) groups is 4. The van der Waals surface area contributed by atoms with Gasteiger partial charge in [0.1, 0.15) is 18.1 Å². The molecule has 10 heteroatoms. The third kappa shape index (κ3) is 8.91. The summed E-state index contributed by atoms with van der Waals surface area (Å²) in [4.78, 5) is 55.5. The Morgan fingerprint density at radius 2 is 1.43 bits per heavy atom. The molecule has 1 aromatic heterocycles. The van der Waals surface area contributed by atoms with Crippen molar-refractivity contribution in [1.29, 1.82) is 0 Å². The van der Waals surface area contributed by atoms with Crippen LogP contribution in [0.2, 0.25) is 0 Å². The molecule has 0 aliphatic heterocycles. The molecular weight excluding hydrogens is 534 g/mol. The van der Waals surface area contributed by atoms with Crippen molar-refractivity contribution in [2.75, 3.05) is 0 Å². The third-order valence-corrected chi connectivity index (χ3v) is 7.49. The topological polar surface area (TPSA) is 166 Å². The molecule has 3 rings (SSSR count). The van der Waals surface area contributed by atoms with Gasteiger partial charge in [0.15, 0.2) is 0 Å². The Morgan fingerprint density at radius 1 is 0.833 bits per heavy atom. The summed E-state index contributed by atoms with van der Waals surface area (Å²) in [5, 5.41) is 18.9. The van der Waals surface area contributed by atoms with Gasteiger partial charge in [-0.1, -0.05) is 82.6 Å². The standard InChI is InChI=1S/C32H43N5O5/c1-5-20(4)28(32(41)42)37-31(40)26(16-21-11-7-6-8-12-21)36-30(39)27(35-29(38)24(33)15-19(2)3)17-22-18-34-25-14-10-9-13-23(22)25/h6-14,18-20,24,26-28,34H,5,15-17,33H2,1-4H3,(H,35,38)(H,36,39)(H,37,40)(H,41,42). The van der Waals surface area contributed by atoms with Gasteiger partial charge in [0.05, 0.1) is 6.04 Å². The zero-order valence-corrected chi connectivity index (χ0v) is 24.7. The Morgan fingerprint density at radius 3 is 2.07 bits per heavy atom. The number of para-hydroxylation sites is 1. The minimum Gasteiger partial charge on any atom is -0.480 e. The molecule has 5 atom stereocenters. The number of benzene rings is 2. The summed E-state index contributed by atoms with van der Waals surface area (Å²) < 4.78 is 0. The normalized spacial score (nSPS) is 14.9. The molecule has 0 fully saturated rings. The molecule has 0 spiro atoms. The van der Waals surface area contributed by atoms with Crippen molar-refractivity contribution >= 4 is 34.6 Å². The second-order valence-corrected chi connectivity index (χ2v) is 11.3. The van der Waals surface area contributed by atoms with Crippen molar-refractivity contribution < 1.29 is 24.3 Å². The van der Waals surface area contributed by atoms with Crippen LogP contribution in [0.1, 0.15) is 51.7 Å². The fourth-order valence-electron chi connectivity index (χ4n) is 4.89. The first-order valence-electron chi connectivity index (χ1n) is 14.5. The van der Waals surface area contributed by atoms with Crippen LogP contribution < -0.4 is 21.7 Å². The number of nitrogens with one attached hydrogen (secondary N) is 4. The molecule has 0 aliphatic rings. The minimum absolute atomic E-state index is 0.131. The molecule has 10 nitrogen and oxygen atoms in total. The molecule has 0 saturated carbocycles. The number of carboxylic acids is 1. The Hall–Kier alpha value is -4.18. The lowest BCUT2D eigenvalue weighted by Crippen LogP contribution is -2.58. The van der Waals surface area contributed by atoms with Gasteiger partial charge in [0, 0.05) is 29.9 Å². The average molecular weight is 578 g/mol. The number of carbonyl (C=O) groups excluding carboxylic acids is 3. The van der Waals surface area contributed by atoms with E-state index >= 15 is 0 Å². The SMILES string of the molecule is CCC(C)C(NC(=O)C(Cc1ccccc1)NC(=O)C(Cc1c[nH]c2ccccc12)NC(=O)C(N)CC(C)C)C(=O)O. The number of H-pyrrole nitrogens is 1. The van der Waals surface area contributed by atoms with Crippen LogP contribution in [-0.2, 0) is 32.0 Å². The predicted molar refractivity (Wildman–Crippen MR) is 162 cm³/mol. The highest BCUT2D eigenvalue weighted by Crippen LogP contribution is 2.20. The van der Waals surface area contributed by atoms with E-state index in [9.17, 15) is 24.3 Å². The van der Waals surface area contributed by atoms with Crippen molar-refractivity contribution in [1.82, 2.24) is 20.9 Å². The number of aromatic nitrogens is 1. The largest absolute Gasteiger partial charge is 0.480 e. The van der Waals surface area contributed by atoms with Gasteiger partial charge in [-0.2, -0.15) is 0 Å². The Kier molecular flexibility index (Phi) is 11.7. The van der Waals surface area contributed by atoms with Crippen molar-refractivity contribution in [3.63, 3.8) is 0 Å². The highest BCUT2D eigenvalue weighted by atomic mass is 16.4. The number of amides is 3. The molecule has 0 aliphatic carbocycles. The number of aliphatic carboxylic acids is 1. The van der Waals surface area contributed by atoms with Crippen molar-refractivity contribution in [3.8, 4) is 0 Å². The van der Waals surface area contributed by atoms with E-state index in [0.717, 1.165) is 22.0 Å². The molecule has 0 bridgehead atoms. The van der Waals surface area contributed by atoms with Crippen LogP contribution in [0.4, 0.5) is 0 Å². The van der Waals surface area contributed by atoms with E-state index in [2.05, 4.69) is 20.9 Å². The van der Waals surface area contributed by atoms with Crippen LogP contribution in [0.25, 0.3) is 10.9 Å². The number of carboxylic acid groups (broad SMARTS) is 1. The highest BCUT2D eigenvalue weighted by molar-refractivity contribution is 5.95. The van der Waals surface area contributed by atoms with E-state index in [1.54, 1.807) is 13.1 Å². The maximum atomic E-state index is 13.8. The second kappa shape index (κ2) is 15.2. The molecular formula is C32H43N5O5. The van der Waals surface area contributed by atoms with Crippen LogP contribution in [-0.4, -0.2) is 57.9 Å². The maximum absolute atomic E-state index is 13.8. The molecule has 0 radical (unpaired) electrons. The van der Waals surface area contributed by atoms with Crippen LogP contribution in [0.3, 0.4) is 0 Å². The Labute approximate surface area is 246 Å². The van der Waals surface area contributed by atoms with Gasteiger partial charge >= 0.3 is 5.97 Å². The van der Waals surface area contributed by atoms with E-state index in [-0.39, 0.29) is 24.7 Å². The molecule has 1 heterocycles.